The van der Waals surface area contributed by atoms with E-state index in [0.29, 0.717) is 23.0 Å². The highest BCUT2D eigenvalue weighted by Crippen LogP contribution is 2.31. The summed E-state index contributed by atoms with van der Waals surface area (Å²) in [6.07, 6.45) is 1.96. The molecule has 0 saturated carbocycles. The molecule has 2 atom stereocenters. The van der Waals surface area contributed by atoms with Crippen LogP contribution < -0.4 is 15.2 Å². The Morgan fingerprint density at radius 2 is 1.97 bits per heavy atom. The Morgan fingerprint density at radius 3 is 2.62 bits per heavy atom. The molecule has 166 valence electrons. The van der Waals surface area contributed by atoms with Crippen LogP contribution in [0.1, 0.15) is 50.8 Å². The zero-order valence-corrected chi connectivity index (χ0v) is 19.2. The minimum atomic E-state index is -0.0735. The summed E-state index contributed by atoms with van der Waals surface area (Å²) in [5.41, 5.74) is 3.83. The van der Waals surface area contributed by atoms with Gasteiger partial charge in [0.2, 0.25) is 0 Å². The largest absolute Gasteiger partial charge is 0.490 e. The van der Waals surface area contributed by atoms with Gasteiger partial charge in [0, 0.05) is 38.5 Å². The van der Waals surface area contributed by atoms with E-state index in [4.69, 9.17) is 4.74 Å². The predicted molar refractivity (Wildman–Crippen MR) is 127 cm³/mol. The van der Waals surface area contributed by atoms with Gasteiger partial charge in [0.1, 0.15) is 29.1 Å². The molecule has 0 radical (unpaired) electrons. The van der Waals surface area contributed by atoms with Gasteiger partial charge in [-0.25, -0.2) is 4.98 Å². The van der Waals surface area contributed by atoms with Crippen LogP contribution in [0.15, 0.2) is 47.3 Å². The van der Waals surface area contributed by atoms with E-state index in [2.05, 4.69) is 61.0 Å². The van der Waals surface area contributed by atoms with Crippen molar-refractivity contribution in [3.8, 4) is 11.8 Å². The number of fused-ring (bicyclic) bond motifs is 1. The number of rotatable bonds is 5. The first-order valence-corrected chi connectivity index (χ1v) is 11.3. The van der Waals surface area contributed by atoms with Crippen LogP contribution in [-0.2, 0) is 7.05 Å². The normalized spacial score (nSPS) is 18.7. The van der Waals surface area contributed by atoms with Crippen molar-refractivity contribution in [2.45, 2.75) is 45.6 Å². The molecule has 2 aromatic heterocycles. The molecule has 6 heteroatoms. The molecular formula is C26H30N4O2. The molecule has 0 bridgehead atoms. The lowest BCUT2D eigenvalue weighted by atomic mass is 9.91. The number of aromatic nitrogens is 2. The molecule has 32 heavy (non-hydrogen) atoms. The fraction of sp³-hybridized carbons (Fsp3) is 0.423. The number of piperidine rings is 1. The van der Waals surface area contributed by atoms with Crippen LogP contribution >= 0.6 is 0 Å². The van der Waals surface area contributed by atoms with Crippen LogP contribution in [-0.4, -0.2) is 28.7 Å². The average molecular weight is 431 g/mol. The summed E-state index contributed by atoms with van der Waals surface area (Å²) in [5.74, 6) is 1.73. The minimum Gasteiger partial charge on any atom is -0.490 e. The summed E-state index contributed by atoms with van der Waals surface area (Å²) >= 11 is 0. The molecule has 0 unspecified atom stereocenters. The number of hydrogen-bond acceptors (Lipinski definition) is 5. The van der Waals surface area contributed by atoms with Crippen molar-refractivity contribution < 1.29 is 4.74 Å². The van der Waals surface area contributed by atoms with Crippen molar-refractivity contribution in [1.29, 1.82) is 5.26 Å². The average Bonchev–Trinajstić information content (AvgIpc) is 2.81. The molecule has 0 N–H and O–H groups in total. The van der Waals surface area contributed by atoms with E-state index in [1.54, 1.807) is 29.8 Å². The summed E-state index contributed by atoms with van der Waals surface area (Å²) in [6, 6.07) is 15.6. The second-order valence-electron chi connectivity index (χ2n) is 8.89. The predicted octanol–water partition coefficient (Wildman–Crippen LogP) is 4.61. The monoisotopic (exact) mass is 430 g/mol. The molecule has 3 heterocycles. The zero-order valence-electron chi connectivity index (χ0n) is 19.2. The van der Waals surface area contributed by atoms with E-state index in [1.807, 2.05) is 0 Å². The lowest BCUT2D eigenvalue weighted by Gasteiger charge is -2.39. The Morgan fingerprint density at radius 1 is 1.22 bits per heavy atom. The Kier molecular flexibility index (Phi) is 6.18. The number of anilines is 1. The Labute approximate surface area is 189 Å². The fourth-order valence-electron chi connectivity index (χ4n) is 4.50. The molecule has 4 rings (SSSR count). The number of pyridine rings is 2. The third-order valence-corrected chi connectivity index (χ3v) is 6.55. The van der Waals surface area contributed by atoms with Gasteiger partial charge < -0.3 is 14.2 Å². The highest BCUT2D eigenvalue weighted by molar-refractivity contribution is 5.88. The molecule has 6 nitrogen and oxygen atoms in total. The van der Waals surface area contributed by atoms with Gasteiger partial charge in [-0.2, -0.15) is 5.26 Å². The molecule has 1 aliphatic rings. The van der Waals surface area contributed by atoms with E-state index in [1.165, 1.54) is 5.56 Å². The van der Waals surface area contributed by atoms with Crippen LogP contribution in [0.4, 0.5) is 5.69 Å². The topological polar surface area (TPSA) is 71.2 Å². The molecule has 0 amide bonds. The van der Waals surface area contributed by atoms with E-state index in [-0.39, 0.29) is 11.7 Å². The van der Waals surface area contributed by atoms with Crippen molar-refractivity contribution in [2.24, 2.45) is 13.0 Å². The van der Waals surface area contributed by atoms with Gasteiger partial charge in [-0.1, -0.05) is 32.9 Å². The molecule has 1 aliphatic heterocycles. The highest BCUT2D eigenvalue weighted by atomic mass is 16.5. The first-order chi connectivity index (χ1) is 15.4. The van der Waals surface area contributed by atoms with Gasteiger partial charge in [-0.3, -0.25) is 4.79 Å². The number of hydrogen-bond donors (Lipinski definition) is 0. The second-order valence-corrected chi connectivity index (χ2v) is 8.89. The van der Waals surface area contributed by atoms with E-state index in [0.717, 1.165) is 42.9 Å². The van der Waals surface area contributed by atoms with Gasteiger partial charge in [-0.15, -0.1) is 0 Å². The van der Waals surface area contributed by atoms with E-state index < -0.39 is 0 Å². The molecule has 3 aromatic rings. The number of nitriles is 1. The maximum absolute atomic E-state index is 12.6. The van der Waals surface area contributed by atoms with Gasteiger partial charge in [0.25, 0.3) is 5.56 Å². The third-order valence-electron chi connectivity index (χ3n) is 6.55. The van der Waals surface area contributed by atoms with E-state index >= 15 is 0 Å². The molecule has 1 aromatic carbocycles. The van der Waals surface area contributed by atoms with Crippen molar-refractivity contribution in [2.75, 3.05) is 18.0 Å². The SMILES string of the molecule is CC[C@H]1CN(c2cc(=O)n(C)c3ccc(C#N)nc23)CC[C@@H]1Oc1ccc(C(C)C)cc1. The quantitative estimate of drug-likeness (QED) is 0.591. The van der Waals surface area contributed by atoms with Crippen LogP contribution in [0.3, 0.4) is 0 Å². The van der Waals surface area contributed by atoms with E-state index in [9.17, 15) is 10.1 Å². The smallest absolute Gasteiger partial charge is 0.252 e. The summed E-state index contributed by atoms with van der Waals surface area (Å²) in [4.78, 5) is 19.4. The molecule has 0 aliphatic carbocycles. The van der Waals surface area contributed by atoms with Crippen LogP contribution in [0.2, 0.25) is 0 Å². The minimum absolute atomic E-state index is 0.0735. The Hall–Kier alpha value is -3.33. The van der Waals surface area contributed by atoms with Gasteiger partial charge in [0.05, 0.1) is 11.2 Å². The molecule has 1 fully saturated rings. The molecule has 1 saturated heterocycles. The summed E-state index contributed by atoms with van der Waals surface area (Å²) in [6.45, 7) is 8.11. The standard InChI is InChI=1S/C26H30N4O2/c1-5-18-16-30(13-12-24(18)32-21-9-6-19(7-10-21)17(2)3)23-14-25(31)29(4)22-11-8-20(15-27)28-26(22)23/h6-11,14,17-18,24H,5,12-13,16H2,1-4H3/t18-,24-/m0/s1. The highest BCUT2D eigenvalue weighted by Gasteiger charge is 2.31. The van der Waals surface area contributed by atoms with Gasteiger partial charge in [-0.05, 0) is 42.2 Å². The van der Waals surface area contributed by atoms with Crippen molar-refractivity contribution in [3.05, 3.63) is 64.1 Å². The van der Waals surface area contributed by atoms with Crippen LogP contribution in [0.5, 0.6) is 5.75 Å². The summed E-state index contributed by atoms with van der Waals surface area (Å²) in [7, 11) is 1.74. The lowest BCUT2D eigenvalue weighted by molar-refractivity contribution is 0.110. The van der Waals surface area contributed by atoms with Crippen LogP contribution in [0.25, 0.3) is 11.0 Å². The van der Waals surface area contributed by atoms with Crippen molar-refractivity contribution >= 4 is 16.7 Å². The number of benzene rings is 1. The maximum atomic E-state index is 12.6. The Bertz CT molecular complexity index is 1210. The summed E-state index contributed by atoms with van der Waals surface area (Å²) in [5, 5.41) is 9.31. The third kappa shape index (κ3) is 4.20. The molecular weight excluding hydrogens is 400 g/mol. The molecule has 0 spiro atoms. The first-order valence-electron chi connectivity index (χ1n) is 11.3. The van der Waals surface area contributed by atoms with Crippen molar-refractivity contribution in [3.63, 3.8) is 0 Å². The fourth-order valence-corrected chi connectivity index (χ4v) is 4.50. The number of aryl methyl sites for hydroxylation is 1. The van der Waals surface area contributed by atoms with Gasteiger partial charge in [0.15, 0.2) is 0 Å². The van der Waals surface area contributed by atoms with Crippen LogP contribution in [0, 0.1) is 17.2 Å². The Balaban J connectivity index is 1.59. The lowest BCUT2D eigenvalue weighted by Crippen LogP contribution is -2.46. The summed E-state index contributed by atoms with van der Waals surface area (Å²) < 4.78 is 7.98. The maximum Gasteiger partial charge on any atom is 0.252 e. The van der Waals surface area contributed by atoms with Crippen molar-refractivity contribution in [1.82, 2.24) is 9.55 Å². The van der Waals surface area contributed by atoms with Gasteiger partial charge >= 0.3 is 0 Å². The number of ether oxygens (including phenoxy) is 1. The zero-order chi connectivity index (χ0) is 22.8. The number of nitrogens with zero attached hydrogens (tertiary/aromatic N) is 4. The first kappa shape index (κ1) is 21.9. The second kappa shape index (κ2) is 9.04.